The first-order valence-electron chi connectivity index (χ1n) is 5.26. The smallest absolute Gasteiger partial charge is 0.222 e. The topological polar surface area (TPSA) is 63.4 Å². The van der Waals surface area contributed by atoms with E-state index in [1.165, 1.54) is 6.42 Å². The number of carbonyl (C=O) groups is 2. The molecule has 1 rings (SSSR count). The average Bonchev–Trinajstić information content (AvgIpc) is 2.18. The Bertz CT molecular complexity index is 210. The number of primary amides is 1. The van der Waals surface area contributed by atoms with E-state index in [1.807, 2.05) is 4.90 Å². The lowest BCUT2D eigenvalue weighted by atomic mass is 10.1. The van der Waals surface area contributed by atoms with Crippen LogP contribution in [0.4, 0.5) is 0 Å². The van der Waals surface area contributed by atoms with E-state index < -0.39 is 0 Å². The van der Waals surface area contributed by atoms with Crippen molar-refractivity contribution in [1.29, 1.82) is 0 Å². The Kier molecular flexibility index (Phi) is 4.43. The number of likely N-dealkylation sites (tertiary alicyclic amines) is 1. The fourth-order valence-corrected chi connectivity index (χ4v) is 1.72. The number of hydrogen-bond donors (Lipinski definition) is 1. The van der Waals surface area contributed by atoms with Crippen molar-refractivity contribution in [3.8, 4) is 0 Å². The summed E-state index contributed by atoms with van der Waals surface area (Å²) in [7, 11) is 0. The van der Waals surface area contributed by atoms with Crippen molar-refractivity contribution in [2.75, 3.05) is 13.1 Å². The van der Waals surface area contributed by atoms with Gasteiger partial charge in [0.2, 0.25) is 11.8 Å². The van der Waals surface area contributed by atoms with Crippen molar-refractivity contribution in [2.45, 2.75) is 38.5 Å². The molecule has 1 aliphatic rings. The van der Waals surface area contributed by atoms with Crippen LogP contribution in [0.25, 0.3) is 0 Å². The van der Waals surface area contributed by atoms with Crippen LogP contribution in [-0.4, -0.2) is 29.8 Å². The van der Waals surface area contributed by atoms with Gasteiger partial charge in [0.1, 0.15) is 0 Å². The number of nitrogens with two attached hydrogens (primary N) is 1. The lowest BCUT2D eigenvalue weighted by Gasteiger charge is -2.26. The second-order valence-electron chi connectivity index (χ2n) is 3.76. The first-order valence-corrected chi connectivity index (χ1v) is 5.26. The van der Waals surface area contributed by atoms with Crippen molar-refractivity contribution in [2.24, 2.45) is 5.73 Å². The fraction of sp³-hybridized carbons (Fsp3) is 0.800. The molecular weight excluding hydrogens is 180 g/mol. The summed E-state index contributed by atoms with van der Waals surface area (Å²) in [6.07, 6.45) is 4.82. The second kappa shape index (κ2) is 5.62. The number of rotatable bonds is 4. The van der Waals surface area contributed by atoms with Gasteiger partial charge in [0.05, 0.1) is 0 Å². The maximum absolute atomic E-state index is 11.6. The molecule has 0 aliphatic carbocycles. The molecule has 0 atom stereocenters. The number of carbonyl (C=O) groups excluding carboxylic acids is 2. The molecule has 2 amide bonds. The number of amides is 2. The van der Waals surface area contributed by atoms with E-state index in [0.29, 0.717) is 19.3 Å². The molecule has 0 saturated carbocycles. The lowest BCUT2D eigenvalue weighted by molar-refractivity contribution is -0.132. The molecule has 0 unspecified atom stereocenters. The van der Waals surface area contributed by atoms with Crippen LogP contribution in [0, 0.1) is 0 Å². The number of nitrogens with zero attached hydrogens (tertiary/aromatic N) is 1. The molecular formula is C10H18N2O2. The van der Waals surface area contributed by atoms with Crippen LogP contribution >= 0.6 is 0 Å². The largest absolute Gasteiger partial charge is 0.370 e. The van der Waals surface area contributed by atoms with Gasteiger partial charge in [-0.2, -0.15) is 0 Å². The van der Waals surface area contributed by atoms with E-state index in [4.69, 9.17) is 5.73 Å². The Balaban J connectivity index is 2.16. The van der Waals surface area contributed by atoms with Crippen molar-refractivity contribution < 1.29 is 9.59 Å². The molecule has 0 spiro atoms. The minimum atomic E-state index is -0.323. The van der Waals surface area contributed by atoms with Crippen molar-refractivity contribution in [3.05, 3.63) is 0 Å². The lowest BCUT2D eigenvalue weighted by Crippen LogP contribution is -2.35. The van der Waals surface area contributed by atoms with E-state index in [1.54, 1.807) is 0 Å². The monoisotopic (exact) mass is 198 g/mol. The maximum atomic E-state index is 11.6. The molecule has 1 heterocycles. The minimum Gasteiger partial charge on any atom is -0.370 e. The predicted molar refractivity (Wildman–Crippen MR) is 53.5 cm³/mol. The molecule has 4 nitrogen and oxygen atoms in total. The van der Waals surface area contributed by atoms with E-state index in [0.717, 1.165) is 25.9 Å². The van der Waals surface area contributed by atoms with Crippen LogP contribution in [-0.2, 0) is 9.59 Å². The van der Waals surface area contributed by atoms with Crippen molar-refractivity contribution in [1.82, 2.24) is 4.90 Å². The second-order valence-corrected chi connectivity index (χ2v) is 3.76. The zero-order valence-electron chi connectivity index (χ0n) is 8.50. The fourth-order valence-electron chi connectivity index (χ4n) is 1.72. The van der Waals surface area contributed by atoms with Crippen LogP contribution in [0.5, 0.6) is 0 Å². The molecule has 0 bridgehead atoms. The van der Waals surface area contributed by atoms with Gasteiger partial charge in [0.15, 0.2) is 0 Å². The van der Waals surface area contributed by atoms with Gasteiger partial charge in [-0.3, -0.25) is 9.59 Å². The molecule has 0 aromatic rings. The summed E-state index contributed by atoms with van der Waals surface area (Å²) in [6.45, 7) is 1.77. The van der Waals surface area contributed by atoms with Gasteiger partial charge in [-0.25, -0.2) is 0 Å². The summed E-state index contributed by atoms with van der Waals surface area (Å²) in [5, 5.41) is 0. The average molecular weight is 198 g/mol. The van der Waals surface area contributed by atoms with Crippen LogP contribution < -0.4 is 5.73 Å². The molecule has 14 heavy (non-hydrogen) atoms. The Labute approximate surface area is 84.4 Å². The number of piperidine rings is 1. The summed E-state index contributed by atoms with van der Waals surface area (Å²) >= 11 is 0. The molecule has 0 aromatic carbocycles. The quantitative estimate of drug-likeness (QED) is 0.721. The van der Waals surface area contributed by atoms with E-state index in [9.17, 15) is 9.59 Å². The highest BCUT2D eigenvalue weighted by atomic mass is 16.2. The van der Waals surface area contributed by atoms with E-state index in [2.05, 4.69) is 0 Å². The first kappa shape index (κ1) is 11.0. The standard InChI is InChI=1S/C10H18N2O2/c11-9(13)5-4-6-10(14)12-7-2-1-3-8-12/h1-8H2,(H2,11,13). The third-order valence-corrected chi connectivity index (χ3v) is 2.52. The first-order chi connectivity index (χ1) is 6.70. The van der Waals surface area contributed by atoms with Gasteiger partial charge >= 0.3 is 0 Å². The molecule has 0 radical (unpaired) electrons. The maximum Gasteiger partial charge on any atom is 0.222 e. The molecule has 80 valence electrons. The molecule has 0 aromatic heterocycles. The molecule has 1 saturated heterocycles. The normalized spacial score (nSPS) is 16.7. The van der Waals surface area contributed by atoms with Gasteiger partial charge < -0.3 is 10.6 Å². The predicted octanol–water partition coefficient (Wildman–Crippen LogP) is 0.654. The van der Waals surface area contributed by atoms with Crippen LogP contribution in [0.1, 0.15) is 38.5 Å². The molecule has 1 aliphatic heterocycles. The SMILES string of the molecule is NC(=O)CCCC(=O)N1CCCCC1. The van der Waals surface area contributed by atoms with Gasteiger partial charge in [-0.15, -0.1) is 0 Å². The zero-order chi connectivity index (χ0) is 10.4. The van der Waals surface area contributed by atoms with Gasteiger partial charge in [-0.05, 0) is 25.7 Å². The summed E-state index contributed by atoms with van der Waals surface area (Å²) in [5.41, 5.74) is 4.99. The van der Waals surface area contributed by atoms with Gasteiger partial charge in [-0.1, -0.05) is 0 Å². The van der Waals surface area contributed by atoms with Gasteiger partial charge in [0, 0.05) is 25.9 Å². The molecule has 2 N–H and O–H groups in total. The highest BCUT2D eigenvalue weighted by Gasteiger charge is 2.15. The highest BCUT2D eigenvalue weighted by molar-refractivity contribution is 5.78. The van der Waals surface area contributed by atoms with E-state index >= 15 is 0 Å². The Morgan fingerprint density at radius 3 is 2.29 bits per heavy atom. The third-order valence-electron chi connectivity index (χ3n) is 2.52. The molecule has 1 fully saturated rings. The zero-order valence-corrected chi connectivity index (χ0v) is 8.50. The van der Waals surface area contributed by atoms with Crippen LogP contribution in [0.2, 0.25) is 0 Å². The third kappa shape index (κ3) is 3.77. The highest BCUT2D eigenvalue weighted by Crippen LogP contribution is 2.10. The summed E-state index contributed by atoms with van der Waals surface area (Å²) in [6, 6.07) is 0. The Morgan fingerprint density at radius 2 is 1.71 bits per heavy atom. The van der Waals surface area contributed by atoms with Gasteiger partial charge in [0.25, 0.3) is 0 Å². The van der Waals surface area contributed by atoms with Crippen LogP contribution in [0.3, 0.4) is 0 Å². The van der Waals surface area contributed by atoms with Crippen molar-refractivity contribution >= 4 is 11.8 Å². The summed E-state index contributed by atoms with van der Waals surface area (Å²) in [5.74, 6) is -0.151. The van der Waals surface area contributed by atoms with E-state index in [-0.39, 0.29) is 11.8 Å². The van der Waals surface area contributed by atoms with Crippen molar-refractivity contribution in [3.63, 3.8) is 0 Å². The summed E-state index contributed by atoms with van der Waals surface area (Å²) < 4.78 is 0. The minimum absolute atomic E-state index is 0.172. The van der Waals surface area contributed by atoms with Crippen LogP contribution in [0.15, 0.2) is 0 Å². The Hall–Kier alpha value is -1.06. The Morgan fingerprint density at radius 1 is 1.07 bits per heavy atom. The molecule has 4 heteroatoms. The number of hydrogen-bond acceptors (Lipinski definition) is 2. The summed E-state index contributed by atoms with van der Waals surface area (Å²) in [4.78, 5) is 23.9.